The molecule has 0 bridgehead atoms. The number of benzene rings is 1. The molecule has 1 unspecified atom stereocenters. The second kappa shape index (κ2) is 5.75. The molecule has 1 aromatic rings. The first-order valence-electron chi connectivity index (χ1n) is 6.38. The smallest absolute Gasteiger partial charge is 0.270 e. The fourth-order valence-corrected chi connectivity index (χ4v) is 2.81. The number of nitro benzene ring substituents is 1. The van der Waals surface area contributed by atoms with E-state index in [2.05, 4.69) is 4.90 Å². The van der Waals surface area contributed by atoms with Gasteiger partial charge in [0.05, 0.1) is 4.92 Å². The molecule has 1 atom stereocenters. The minimum atomic E-state index is -0.348. The van der Waals surface area contributed by atoms with E-state index in [4.69, 9.17) is 4.74 Å². The highest BCUT2D eigenvalue weighted by Crippen LogP contribution is 2.31. The van der Waals surface area contributed by atoms with Crippen molar-refractivity contribution in [2.75, 3.05) is 13.2 Å². The van der Waals surface area contributed by atoms with Gasteiger partial charge in [0, 0.05) is 30.3 Å². The first-order valence-corrected chi connectivity index (χ1v) is 6.38. The van der Waals surface area contributed by atoms with Crippen molar-refractivity contribution in [3.8, 4) is 5.75 Å². The van der Waals surface area contributed by atoms with Crippen LogP contribution in [0, 0.1) is 10.1 Å². The number of rotatable bonds is 1. The van der Waals surface area contributed by atoms with E-state index in [0.717, 1.165) is 30.8 Å². The van der Waals surface area contributed by atoms with Crippen LogP contribution in [-0.2, 0) is 6.54 Å². The van der Waals surface area contributed by atoms with Crippen molar-refractivity contribution < 1.29 is 9.66 Å². The van der Waals surface area contributed by atoms with Gasteiger partial charge in [0.15, 0.2) is 0 Å². The summed E-state index contributed by atoms with van der Waals surface area (Å²) in [6.07, 6.45) is 3.62. The van der Waals surface area contributed by atoms with Crippen molar-refractivity contribution in [2.45, 2.75) is 31.8 Å². The standard InChI is InChI=1S/C13H16N2O3.ClH/c16-15(17)11-4-5-13-10(7-11)8-14-6-2-1-3-12(14)9-18-13;/h4-5,7,12H,1-3,6,8-9H2;1H. The monoisotopic (exact) mass is 284 g/mol. The molecule has 0 N–H and O–H groups in total. The Balaban J connectivity index is 0.00000133. The van der Waals surface area contributed by atoms with E-state index in [1.54, 1.807) is 12.1 Å². The molecule has 0 radical (unpaired) electrons. The molecule has 6 heteroatoms. The number of nitrogens with zero attached hydrogens (tertiary/aromatic N) is 2. The number of piperidine rings is 1. The minimum Gasteiger partial charge on any atom is -0.492 e. The van der Waals surface area contributed by atoms with Crippen LogP contribution >= 0.6 is 12.4 Å². The molecule has 2 aliphatic heterocycles. The average molecular weight is 285 g/mol. The molecule has 19 heavy (non-hydrogen) atoms. The van der Waals surface area contributed by atoms with Crippen molar-refractivity contribution in [3.05, 3.63) is 33.9 Å². The van der Waals surface area contributed by atoms with Crippen molar-refractivity contribution in [1.82, 2.24) is 4.90 Å². The zero-order chi connectivity index (χ0) is 12.5. The predicted octanol–water partition coefficient (Wildman–Crippen LogP) is 2.76. The first kappa shape index (κ1) is 14.1. The molecule has 0 aromatic heterocycles. The molecule has 0 saturated carbocycles. The highest BCUT2D eigenvalue weighted by molar-refractivity contribution is 5.85. The summed E-state index contributed by atoms with van der Waals surface area (Å²) < 4.78 is 5.79. The Kier molecular flexibility index (Phi) is 4.27. The van der Waals surface area contributed by atoms with Crippen molar-refractivity contribution in [2.24, 2.45) is 0 Å². The van der Waals surface area contributed by atoms with Gasteiger partial charge in [-0.2, -0.15) is 0 Å². The number of hydrogen-bond donors (Lipinski definition) is 0. The molecule has 0 aliphatic carbocycles. The number of halogens is 1. The van der Waals surface area contributed by atoms with E-state index in [-0.39, 0.29) is 23.0 Å². The lowest BCUT2D eigenvalue weighted by Crippen LogP contribution is -2.40. The third-order valence-electron chi connectivity index (χ3n) is 3.81. The maximum Gasteiger partial charge on any atom is 0.270 e. The third-order valence-corrected chi connectivity index (χ3v) is 3.81. The summed E-state index contributed by atoms with van der Waals surface area (Å²) in [6.45, 7) is 2.53. The number of nitro groups is 1. The zero-order valence-electron chi connectivity index (χ0n) is 10.6. The molecule has 2 heterocycles. The molecule has 2 aliphatic rings. The predicted molar refractivity (Wildman–Crippen MR) is 73.9 cm³/mol. The van der Waals surface area contributed by atoms with Crippen LogP contribution < -0.4 is 4.74 Å². The van der Waals surface area contributed by atoms with Gasteiger partial charge in [-0.1, -0.05) is 6.42 Å². The molecular weight excluding hydrogens is 268 g/mol. The van der Waals surface area contributed by atoms with E-state index in [0.29, 0.717) is 12.6 Å². The zero-order valence-corrected chi connectivity index (χ0v) is 11.4. The van der Waals surface area contributed by atoms with Crippen molar-refractivity contribution >= 4 is 18.1 Å². The maximum atomic E-state index is 10.8. The number of fused-ring (bicyclic) bond motifs is 2. The van der Waals surface area contributed by atoms with Gasteiger partial charge in [-0.3, -0.25) is 15.0 Å². The lowest BCUT2D eigenvalue weighted by molar-refractivity contribution is -0.384. The molecule has 1 aromatic carbocycles. The number of non-ortho nitro benzene ring substituents is 1. The summed E-state index contributed by atoms with van der Waals surface area (Å²) in [5.41, 5.74) is 1.08. The average Bonchev–Trinajstić information content (AvgIpc) is 2.56. The Labute approximate surface area is 118 Å². The molecule has 0 amide bonds. The van der Waals surface area contributed by atoms with Gasteiger partial charge in [0.1, 0.15) is 12.4 Å². The van der Waals surface area contributed by atoms with Gasteiger partial charge < -0.3 is 4.74 Å². The Morgan fingerprint density at radius 3 is 3.00 bits per heavy atom. The van der Waals surface area contributed by atoms with E-state index in [9.17, 15) is 10.1 Å². The Bertz CT molecular complexity index is 481. The van der Waals surface area contributed by atoms with Crippen LogP contribution in [0.5, 0.6) is 5.75 Å². The summed E-state index contributed by atoms with van der Waals surface area (Å²) in [5, 5.41) is 10.8. The van der Waals surface area contributed by atoms with Crippen LogP contribution in [-0.4, -0.2) is 29.0 Å². The van der Waals surface area contributed by atoms with Crippen LogP contribution in [0.3, 0.4) is 0 Å². The minimum absolute atomic E-state index is 0. The molecular formula is C13H17ClN2O3. The molecule has 1 saturated heterocycles. The summed E-state index contributed by atoms with van der Waals surface area (Å²) in [6, 6.07) is 5.35. The van der Waals surface area contributed by atoms with Gasteiger partial charge in [-0.25, -0.2) is 0 Å². The molecule has 104 valence electrons. The molecule has 0 spiro atoms. The van der Waals surface area contributed by atoms with Crippen LogP contribution in [0.4, 0.5) is 5.69 Å². The van der Waals surface area contributed by atoms with Gasteiger partial charge >= 0.3 is 0 Å². The third kappa shape index (κ3) is 2.82. The summed E-state index contributed by atoms with van der Waals surface area (Å²) in [5.74, 6) is 0.801. The van der Waals surface area contributed by atoms with Crippen molar-refractivity contribution in [1.29, 1.82) is 0 Å². The fourth-order valence-electron chi connectivity index (χ4n) is 2.81. The van der Waals surface area contributed by atoms with Crippen LogP contribution in [0.15, 0.2) is 18.2 Å². The number of hydrogen-bond acceptors (Lipinski definition) is 4. The maximum absolute atomic E-state index is 10.8. The molecule has 5 nitrogen and oxygen atoms in total. The second-order valence-electron chi connectivity index (χ2n) is 4.98. The van der Waals surface area contributed by atoms with Crippen molar-refractivity contribution in [3.63, 3.8) is 0 Å². The second-order valence-corrected chi connectivity index (χ2v) is 4.98. The van der Waals surface area contributed by atoms with E-state index in [1.807, 2.05) is 0 Å². The highest BCUT2D eigenvalue weighted by Gasteiger charge is 2.27. The van der Waals surface area contributed by atoms with Gasteiger partial charge in [0.2, 0.25) is 0 Å². The van der Waals surface area contributed by atoms with E-state index >= 15 is 0 Å². The Morgan fingerprint density at radius 2 is 2.21 bits per heavy atom. The number of ether oxygens (including phenoxy) is 1. The largest absolute Gasteiger partial charge is 0.492 e. The quantitative estimate of drug-likeness (QED) is 0.588. The normalized spacial score (nSPS) is 22.2. The first-order chi connectivity index (χ1) is 8.74. The topological polar surface area (TPSA) is 55.6 Å². The van der Waals surface area contributed by atoms with Crippen LogP contribution in [0.1, 0.15) is 24.8 Å². The fraction of sp³-hybridized carbons (Fsp3) is 0.538. The molecule has 1 fully saturated rings. The summed E-state index contributed by atoms with van der Waals surface area (Å²) in [7, 11) is 0. The van der Waals surface area contributed by atoms with Gasteiger partial charge in [-0.05, 0) is 25.5 Å². The SMILES string of the molecule is Cl.O=[N+]([O-])c1ccc2c(c1)CN1CCCCC1CO2. The van der Waals surface area contributed by atoms with Crippen LogP contribution in [0.2, 0.25) is 0 Å². The highest BCUT2D eigenvalue weighted by atomic mass is 35.5. The van der Waals surface area contributed by atoms with E-state index in [1.165, 1.54) is 18.9 Å². The summed E-state index contributed by atoms with van der Waals surface area (Å²) >= 11 is 0. The Morgan fingerprint density at radius 1 is 1.37 bits per heavy atom. The van der Waals surface area contributed by atoms with Gasteiger partial charge in [-0.15, -0.1) is 12.4 Å². The lowest BCUT2D eigenvalue weighted by Gasteiger charge is -2.33. The summed E-state index contributed by atoms with van der Waals surface area (Å²) in [4.78, 5) is 12.8. The van der Waals surface area contributed by atoms with E-state index < -0.39 is 0 Å². The molecule has 3 rings (SSSR count). The Hall–Kier alpha value is -1.33. The van der Waals surface area contributed by atoms with Gasteiger partial charge in [0.25, 0.3) is 5.69 Å². The lowest BCUT2D eigenvalue weighted by atomic mass is 10.0. The van der Waals surface area contributed by atoms with Crippen LogP contribution in [0.25, 0.3) is 0 Å².